The Hall–Kier alpha value is -2.36. The van der Waals surface area contributed by atoms with E-state index in [1.807, 2.05) is 44.2 Å². The molecule has 4 nitrogen and oxygen atoms in total. The van der Waals surface area contributed by atoms with E-state index in [-0.39, 0.29) is 30.3 Å². The molecule has 0 radical (unpaired) electrons. The fourth-order valence-electron chi connectivity index (χ4n) is 4.02. The van der Waals surface area contributed by atoms with E-state index in [4.69, 9.17) is 4.74 Å². The Balaban J connectivity index is 1.93. The zero-order chi connectivity index (χ0) is 19.1. The molecule has 2 unspecified atom stereocenters. The van der Waals surface area contributed by atoms with Crippen LogP contribution in [0, 0.1) is 11.8 Å². The molecule has 138 valence electrons. The van der Waals surface area contributed by atoms with Gasteiger partial charge in [0, 0.05) is 5.92 Å². The smallest absolute Gasteiger partial charge is 0.261 e. The average molecular weight is 353 g/mol. The van der Waals surface area contributed by atoms with E-state index in [9.17, 15) is 9.59 Å². The molecule has 1 amide bonds. The fraction of sp³-hybridized carbons (Fsp3) is 0.455. The number of allylic oxidation sites excluding steroid dienone is 2. The summed E-state index contributed by atoms with van der Waals surface area (Å²) in [6.07, 6.45) is 1.86. The summed E-state index contributed by atoms with van der Waals surface area (Å²) < 4.78 is 5.79. The summed E-state index contributed by atoms with van der Waals surface area (Å²) >= 11 is 0. The Morgan fingerprint density at radius 1 is 1.27 bits per heavy atom. The van der Waals surface area contributed by atoms with Crippen molar-refractivity contribution in [2.45, 2.75) is 46.1 Å². The lowest BCUT2D eigenvalue weighted by molar-refractivity contribution is -0.150. The normalized spacial score (nSPS) is 24.1. The molecule has 2 atom stereocenters. The molecule has 0 bridgehead atoms. The first-order chi connectivity index (χ1) is 12.2. The number of ketones is 1. The lowest BCUT2D eigenvalue weighted by atomic mass is 9.80. The lowest BCUT2D eigenvalue weighted by Gasteiger charge is -2.42. The van der Waals surface area contributed by atoms with Crippen LogP contribution in [0.3, 0.4) is 0 Å². The second kappa shape index (κ2) is 6.75. The summed E-state index contributed by atoms with van der Waals surface area (Å²) in [7, 11) is 0. The Morgan fingerprint density at radius 3 is 2.50 bits per heavy atom. The van der Waals surface area contributed by atoms with E-state index >= 15 is 0 Å². The predicted octanol–water partition coefficient (Wildman–Crippen LogP) is 4.18. The van der Waals surface area contributed by atoms with E-state index < -0.39 is 5.54 Å². The number of benzene rings is 1. The number of hydrogen-bond acceptors (Lipinski definition) is 3. The molecule has 1 heterocycles. The first-order valence-electron chi connectivity index (χ1n) is 9.18. The summed E-state index contributed by atoms with van der Waals surface area (Å²) in [6.45, 7) is 11.7. The van der Waals surface area contributed by atoms with Crippen molar-refractivity contribution < 1.29 is 14.3 Å². The molecule has 0 aromatic heterocycles. The number of ether oxygens (including phenoxy) is 1. The van der Waals surface area contributed by atoms with Crippen LogP contribution in [0.4, 0.5) is 0 Å². The highest BCUT2D eigenvalue weighted by molar-refractivity contribution is 6.21. The molecule has 1 aromatic rings. The van der Waals surface area contributed by atoms with E-state index in [0.29, 0.717) is 11.3 Å². The molecular weight excluding hydrogens is 326 g/mol. The van der Waals surface area contributed by atoms with Crippen LogP contribution >= 0.6 is 0 Å². The number of hydrogen-bond donors (Lipinski definition) is 0. The highest BCUT2D eigenvalue weighted by atomic mass is 16.5. The quantitative estimate of drug-likeness (QED) is 0.763. The van der Waals surface area contributed by atoms with Crippen LogP contribution in [0.5, 0.6) is 0 Å². The molecule has 1 aliphatic carbocycles. The van der Waals surface area contributed by atoms with Gasteiger partial charge in [-0.25, -0.2) is 0 Å². The van der Waals surface area contributed by atoms with Gasteiger partial charge >= 0.3 is 0 Å². The first kappa shape index (κ1) is 18.4. The van der Waals surface area contributed by atoms with Crippen molar-refractivity contribution in [1.29, 1.82) is 0 Å². The summed E-state index contributed by atoms with van der Waals surface area (Å²) in [4.78, 5) is 28.2. The Bertz CT molecular complexity index is 776. The molecule has 4 heteroatoms. The topological polar surface area (TPSA) is 46.6 Å². The van der Waals surface area contributed by atoms with Crippen molar-refractivity contribution in [3.05, 3.63) is 53.8 Å². The largest absolute Gasteiger partial charge is 0.477 e. The molecule has 1 aromatic carbocycles. The number of rotatable bonds is 4. The zero-order valence-electron chi connectivity index (χ0n) is 16.0. The van der Waals surface area contributed by atoms with Crippen molar-refractivity contribution >= 4 is 17.3 Å². The number of nitrogens with zero attached hydrogens (tertiary/aromatic N) is 1. The Morgan fingerprint density at radius 2 is 1.92 bits per heavy atom. The van der Waals surface area contributed by atoms with Gasteiger partial charge in [0.1, 0.15) is 5.76 Å². The molecule has 2 aliphatic rings. The number of amides is 1. The number of carbonyl (C=O) groups excluding carboxylic acids is 2. The highest BCUT2D eigenvalue weighted by Gasteiger charge is 2.47. The van der Waals surface area contributed by atoms with Crippen LogP contribution in [0.1, 0.15) is 46.1 Å². The molecule has 1 saturated carbocycles. The minimum Gasteiger partial charge on any atom is -0.477 e. The van der Waals surface area contributed by atoms with Crippen LogP contribution in [-0.4, -0.2) is 28.9 Å². The van der Waals surface area contributed by atoms with Crippen LogP contribution in [0.15, 0.2) is 48.2 Å². The van der Waals surface area contributed by atoms with Crippen molar-refractivity contribution in [3.8, 4) is 0 Å². The zero-order valence-corrected chi connectivity index (χ0v) is 16.0. The monoisotopic (exact) mass is 353 g/mol. The summed E-state index contributed by atoms with van der Waals surface area (Å²) in [5.74, 6) is 0.566. The van der Waals surface area contributed by atoms with E-state index in [2.05, 4.69) is 13.5 Å². The van der Waals surface area contributed by atoms with E-state index in [1.165, 1.54) is 0 Å². The van der Waals surface area contributed by atoms with Gasteiger partial charge in [0.25, 0.3) is 5.91 Å². The van der Waals surface area contributed by atoms with Gasteiger partial charge in [-0.2, -0.15) is 0 Å². The van der Waals surface area contributed by atoms with Crippen LogP contribution in [-0.2, 0) is 14.3 Å². The first-order valence-corrected chi connectivity index (χ1v) is 9.18. The third-order valence-electron chi connectivity index (χ3n) is 5.77. The maximum atomic E-state index is 13.3. The van der Waals surface area contributed by atoms with Gasteiger partial charge in [-0.05, 0) is 45.1 Å². The summed E-state index contributed by atoms with van der Waals surface area (Å²) in [6, 6.07) is 9.47. The van der Waals surface area contributed by atoms with Crippen LogP contribution in [0.25, 0.3) is 5.57 Å². The molecular formula is C22H27NO3. The number of Topliss-reactive ketones (excluding diaryl/α,β-unsaturated/α-hetero) is 1. The molecule has 0 spiro atoms. The van der Waals surface area contributed by atoms with Gasteiger partial charge in [0.05, 0.1) is 11.1 Å². The molecule has 1 aliphatic heterocycles. The van der Waals surface area contributed by atoms with Crippen LogP contribution in [0.2, 0.25) is 0 Å². The maximum absolute atomic E-state index is 13.3. The maximum Gasteiger partial charge on any atom is 0.261 e. The second-order valence-corrected chi connectivity index (χ2v) is 7.88. The predicted molar refractivity (Wildman–Crippen MR) is 102 cm³/mol. The fourth-order valence-corrected chi connectivity index (χ4v) is 4.02. The SMILES string of the molecule is C=C1CCC(C)C1C(=O)C(C)(C)N1COC(C)=C(c2ccccc2)C1=O. The van der Waals surface area contributed by atoms with Crippen molar-refractivity contribution in [1.82, 2.24) is 4.90 Å². The van der Waals surface area contributed by atoms with Gasteiger partial charge in [-0.1, -0.05) is 49.4 Å². The molecule has 1 fully saturated rings. The Kier molecular flexibility index (Phi) is 4.78. The van der Waals surface area contributed by atoms with E-state index in [0.717, 1.165) is 24.0 Å². The van der Waals surface area contributed by atoms with Gasteiger partial charge in [-0.3, -0.25) is 14.5 Å². The van der Waals surface area contributed by atoms with Gasteiger partial charge in [0.2, 0.25) is 0 Å². The molecule has 0 saturated heterocycles. The molecule has 26 heavy (non-hydrogen) atoms. The van der Waals surface area contributed by atoms with Crippen molar-refractivity contribution in [2.75, 3.05) is 6.73 Å². The second-order valence-electron chi connectivity index (χ2n) is 7.88. The highest BCUT2D eigenvalue weighted by Crippen LogP contribution is 2.40. The van der Waals surface area contributed by atoms with Crippen molar-refractivity contribution in [3.63, 3.8) is 0 Å². The Labute approximate surface area is 155 Å². The van der Waals surface area contributed by atoms with Gasteiger partial charge < -0.3 is 4.74 Å². The van der Waals surface area contributed by atoms with E-state index in [1.54, 1.807) is 11.8 Å². The minimum absolute atomic E-state index is 0.0522. The summed E-state index contributed by atoms with van der Waals surface area (Å²) in [5, 5.41) is 0. The lowest BCUT2D eigenvalue weighted by Crippen LogP contribution is -2.57. The van der Waals surface area contributed by atoms with Gasteiger partial charge in [-0.15, -0.1) is 0 Å². The third kappa shape index (κ3) is 2.98. The van der Waals surface area contributed by atoms with Crippen molar-refractivity contribution in [2.24, 2.45) is 11.8 Å². The average Bonchev–Trinajstić information content (AvgIpc) is 2.93. The standard InChI is InChI=1S/C22H27NO3/c1-14-11-12-15(2)18(14)20(24)22(4,5)23-13-26-16(3)19(21(23)25)17-9-7-6-8-10-17/h6-10,15,18H,1,11-13H2,2-5H3. The molecule has 0 N–H and O–H groups in total. The minimum atomic E-state index is -0.954. The third-order valence-corrected chi connectivity index (χ3v) is 5.77. The number of carbonyl (C=O) groups is 2. The van der Waals surface area contributed by atoms with Crippen LogP contribution < -0.4 is 0 Å². The molecule has 3 rings (SSSR count). The van der Waals surface area contributed by atoms with Gasteiger partial charge in [0.15, 0.2) is 12.5 Å². The summed E-state index contributed by atoms with van der Waals surface area (Å²) in [5.41, 5.74) is 1.36.